The molecule has 0 radical (unpaired) electrons. The van der Waals surface area contributed by atoms with Gasteiger partial charge in [0.1, 0.15) is 5.75 Å². The third kappa shape index (κ3) is 8.07. The molecule has 0 saturated heterocycles. The van der Waals surface area contributed by atoms with Gasteiger partial charge >= 0.3 is 0 Å². The Balaban J connectivity index is 1.39. The second kappa shape index (κ2) is 12.8. The monoisotopic (exact) mass is 610 g/mol. The van der Waals surface area contributed by atoms with Crippen molar-refractivity contribution in [3.05, 3.63) is 57.0 Å². The number of hydrogen-bond acceptors (Lipinski definition) is 5. The number of rotatable bonds is 6. The summed E-state index contributed by atoms with van der Waals surface area (Å²) in [5, 5.41) is 5.25. The summed E-state index contributed by atoms with van der Waals surface area (Å²) < 4.78 is 7.01. The van der Waals surface area contributed by atoms with E-state index >= 15 is 0 Å². The lowest BCUT2D eigenvalue weighted by atomic mass is 9.88. The molecule has 0 heterocycles. The molecule has 1 aliphatic rings. The highest BCUT2D eigenvalue weighted by atomic mass is 79.9. The zero-order valence-corrected chi connectivity index (χ0v) is 22.1. The molecule has 0 aromatic heterocycles. The Morgan fingerprint density at radius 1 is 0.971 bits per heavy atom. The van der Waals surface area contributed by atoms with E-state index in [1.54, 1.807) is 42.5 Å². The smallest absolute Gasteiger partial charge is 0.269 e. The van der Waals surface area contributed by atoms with E-state index in [4.69, 9.17) is 17.0 Å². The molecule has 1 fully saturated rings. The number of hydrogen-bond donors (Lipinski definition) is 4. The average molecular weight is 612 g/mol. The lowest BCUT2D eigenvalue weighted by Crippen LogP contribution is -2.49. The number of nitrogens with one attached hydrogen (secondary N) is 4. The number of amides is 3. The summed E-state index contributed by atoms with van der Waals surface area (Å²) in [5.41, 5.74) is 5.90. The zero-order valence-electron chi connectivity index (χ0n) is 18.2. The molecular formula is C23H24Br2N4O4S. The van der Waals surface area contributed by atoms with Gasteiger partial charge < -0.3 is 10.1 Å². The number of carbonyl (C=O) groups is 3. The highest BCUT2D eigenvalue weighted by Gasteiger charge is 2.21. The van der Waals surface area contributed by atoms with Crippen molar-refractivity contribution in [1.82, 2.24) is 16.2 Å². The molecule has 0 bridgehead atoms. The molecule has 3 amide bonds. The van der Waals surface area contributed by atoms with Crippen LogP contribution in [0.5, 0.6) is 5.75 Å². The topological polar surface area (TPSA) is 109 Å². The fourth-order valence-corrected chi connectivity index (χ4v) is 4.76. The highest BCUT2D eigenvalue weighted by molar-refractivity contribution is 9.11. The summed E-state index contributed by atoms with van der Waals surface area (Å²) in [6.07, 6.45) is 5.20. The molecule has 4 N–H and O–H groups in total. The summed E-state index contributed by atoms with van der Waals surface area (Å²) in [5.74, 6) is -0.351. The minimum atomic E-state index is -0.486. The van der Waals surface area contributed by atoms with Gasteiger partial charge in [-0.2, -0.15) is 0 Å². The van der Waals surface area contributed by atoms with Gasteiger partial charge in [-0.1, -0.05) is 35.2 Å². The normalized spacial score (nSPS) is 13.5. The lowest BCUT2D eigenvalue weighted by molar-refractivity contribution is -0.122. The van der Waals surface area contributed by atoms with E-state index in [1.165, 1.54) is 6.42 Å². The first-order valence-electron chi connectivity index (χ1n) is 10.7. The number of ether oxygens (including phenoxy) is 1. The maximum Gasteiger partial charge on any atom is 0.269 e. The third-order valence-corrected chi connectivity index (χ3v) is 6.50. The van der Waals surface area contributed by atoms with Crippen LogP contribution in [0.3, 0.4) is 0 Å². The standard InChI is InChI=1S/C23H24Br2N4O4S/c24-16-8-11-19(18(25)12-16)33-13-20(30)27-23(34)29-28-22(32)15-6-9-17(10-7-15)26-21(31)14-4-2-1-3-5-14/h6-12,14H,1-5,13H2,(H,26,31)(H,28,32)(H2,27,29,30,34). The number of benzene rings is 2. The minimum absolute atomic E-state index is 0.0242. The van der Waals surface area contributed by atoms with Gasteiger partial charge in [0.25, 0.3) is 11.8 Å². The van der Waals surface area contributed by atoms with E-state index < -0.39 is 11.8 Å². The molecule has 8 nitrogen and oxygen atoms in total. The van der Waals surface area contributed by atoms with Gasteiger partial charge in [0.2, 0.25) is 5.91 Å². The van der Waals surface area contributed by atoms with Gasteiger partial charge in [-0.15, -0.1) is 0 Å². The molecule has 0 aliphatic heterocycles. The van der Waals surface area contributed by atoms with Crippen molar-refractivity contribution < 1.29 is 19.1 Å². The van der Waals surface area contributed by atoms with E-state index in [0.29, 0.717) is 21.5 Å². The molecule has 2 aromatic rings. The van der Waals surface area contributed by atoms with E-state index in [1.807, 2.05) is 0 Å². The molecule has 1 aliphatic carbocycles. The van der Waals surface area contributed by atoms with E-state index in [9.17, 15) is 14.4 Å². The van der Waals surface area contributed by atoms with Gasteiger partial charge in [-0.25, -0.2) is 0 Å². The van der Waals surface area contributed by atoms with Crippen LogP contribution in [0.25, 0.3) is 0 Å². The summed E-state index contributed by atoms with van der Waals surface area (Å²) >= 11 is 11.7. The van der Waals surface area contributed by atoms with Gasteiger partial charge in [-0.05, 0) is 83.5 Å². The number of carbonyl (C=O) groups excluding carboxylic acids is 3. The van der Waals surface area contributed by atoms with Crippen LogP contribution >= 0.6 is 44.1 Å². The van der Waals surface area contributed by atoms with Crippen LogP contribution in [0.15, 0.2) is 51.4 Å². The quantitative estimate of drug-likeness (QED) is 0.284. The van der Waals surface area contributed by atoms with Gasteiger partial charge in [0.15, 0.2) is 11.7 Å². The molecule has 2 aromatic carbocycles. The molecule has 180 valence electrons. The highest BCUT2D eigenvalue weighted by Crippen LogP contribution is 2.28. The molecule has 0 unspecified atom stereocenters. The number of thiocarbonyl (C=S) groups is 1. The van der Waals surface area contributed by atoms with E-state index in [0.717, 1.165) is 30.2 Å². The molecule has 0 spiro atoms. The summed E-state index contributed by atoms with van der Waals surface area (Å²) in [6, 6.07) is 11.8. The summed E-state index contributed by atoms with van der Waals surface area (Å²) in [4.78, 5) is 36.7. The first-order chi connectivity index (χ1) is 16.3. The lowest BCUT2D eigenvalue weighted by Gasteiger charge is -2.20. The van der Waals surface area contributed by atoms with Crippen molar-refractivity contribution in [3.8, 4) is 5.75 Å². The Morgan fingerprint density at radius 3 is 2.35 bits per heavy atom. The Hall–Kier alpha value is -2.50. The van der Waals surface area contributed by atoms with Gasteiger partial charge in [-0.3, -0.25) is 30.6 Å². The number of anilines is 1. The second-order valence-electron chi connectivity index (χ2n) is 7.72. The van der Waals surface area contributed by atoms with Crippen LogP contribution in [-0.2, 0) is 9.59 Å². The van der Waals surface area contributed by atoms with Crippen molar-refractivity contribution in [1.29, 1.82) is 0 Å². The predicted octanol–water partition coefficient (Wildman–Crippen LogP) is 4.44. The molecule has 0 atom stereocenters. The Kier molecular flexibility index (Phi) is 9.85. The third-order valence-electron chi connectivity index (χ3n) is 5.19. The van der Waals surface area contributed by atoms with Crippen molar-refractivity contribution in [2.45, 2.75) is 32.1 Å². The minimum Gasteiger partial charge on any atom is -0.483 e. The number of hydrazine groups is 1. The van der Waals surface area contributed by atoms with Crippen molar-refractivity contribution >= 4 is 72.6 Å². The SMILES string of the molecule is O=C(COc1ccc(Br)cc1Br)NC(=S)NNC(=O)c1ccc(NC(=O)C2CCCCC2)cc1. The van der Waals surface area contributed by atoms with E-state index in [-0.39, 0.29) is 23.5 Å². The Bertz CT molecular complexity index is 1060. The maximum atomic E-state index is 12.3. The molecule has 1 saturated carbocycles. The fraction of sp³-hybridized carbons (Fsp3) is 0.304. The first-order valence-corrected chi connectivity index (χ1v) is 12.7. The van der Waals surface area contributed by atoms with Gasteiger partial charge in [0.05, 0.1) is 4.47 Å². The molecular weight excluding hydrogens is 588 g/mol. The Morgan fingerprint density at radius 2 is 1.68 bits per heavy atom. The van der Waals surface area contributed by atoms with E-state index in [2.05, 4.69) is 53.3 Å². The largest absolute Gasteiger partial charge is 0.483 e. The van der Waals surface area contributed by atoms with Crippen LogP contribution in [0.2, 0.25) is 0 Å². The number of halogens is 2. The Labute approximate surface area is 219 Å². The summed E-state index contributed by atoms with van der Waals surface area (Å²) in [6.45, 7) is -0.260. The van der Waals surface area contributed by atoms with Crippen LogP contribution in [0.4, 0.5) is 5.69 Å². The van der Waals surface area contributed by atoms with Crippen LogP contribution < -0.4 is 26.2 Å². The fourth-order valence-electron chi connectivity index (χ4n) is 3.43. The van der Waals surface area contributed by atoms with Gasteiger partial charge in [0, 0.05) is 21.6 Å². The van der Waals surface area contributed by atoms with Crippen LogP contribution in [-0.4, -0.2) is 29.4 Å². The second-order valence-corrected chi connectivity index (χ2v) is 9.90. The van der Waals surface area contributed by atoms with Crippen molar-refractivity contribution in [3.63, 3.8) is 0 Å². The van der Waals surface area contributed by atoms with Crippen LogP contribution in [0, 0.1) is 5.92 Å². The molecule has 34 heavy (non-hydrogen) atoms. The zero-order chi connectivity index (χ0) is 24.5. The van der Waals surface area contributed by atoms with Crippen molar-refractivity contribution in [2.24, 2.45) is 5.92 Å². The molecule has 3 rings (SSSR count). The summed E-state index contributed by atoms with van der Waals surface area (Å²) in [7, 11) is 0. The average Bonchev–Trinajstić information content (AvgIpc) is 2.83. The van der Waals surface area contributed by atoms with Crippen LogP contribution in [0.1, 0.15) is 42.5 Å². The molecule has 11 heteroatoms. The first kappa shape index (κ1) is 26.1. The predicted molar refractivity (Wildman–Crippen MR) is 140 cm³/mol. The maximum absolute atomic E-state index is 12.3. The van der Waals surface area contributed by atoms with Crippen molar-refractivity contribution in [2.75, 3.05) is 11.9 Å².